The molecule has 0 heterocycles. The van der Waals surface area contributed by atoms with Crippen LogP contribution in [0.25, 0.3) is 0 Å². The highest BCUT2D eigenvalue weighted by Crippen LogP contribution is 2.31. The van der Waals surface area contributed by atoms with Gasteiger partial charge in [-0.25, -0.2) is 21.2 Å². The van der Waals surface area contributed by atoms with Crippen molar-refractivity contribution in [1.82, 2.24) is 0 Å². The van der Waals surface area contributed by atoms with Crippen LogP contribution in [0.3, 0.4) is 0 Å². The maximum atomic E-state index is 13.1. The van der Waals surface area contributed by atoms with Gasteiger partial charge in [-0.1, -0.05) is 0 Å². The molecule has 0 saturated carbocycles. The van der Waals surface area contributed by atoms with Crippen molar-refractivity contribution in [2.45, 2.75) is 16.7 Å². The van der Waals surface area contributed by atoms with E-state index in [0.29, 0.717) is 5.69 Å². The number of amides is 1. The van der Waals surface area contributed by atoms with Gasteiger partial charge in [-0.05, 0) is 66.7 Å². The molecule has 33 heavy (non-hydrogen) atoms. The minimum Gasteiger partial charge on any atom is -0.495 e. The number of rotatable bonds is 8. The van der Waals surface area contributed by atoms with Gasteiger partial charge in [0.1, 0.15) is 11.6 Å². The van der Waals surface area contributed by atoms with E-state index in [-0.39, 0.29) is 32.8 Å². The van der Waals surface area contributed by atoms with E-state index in [0.717, 1.165) is 24.3 Å². The lowest BCUT2D eigenvalue weighted by atomic mass is 10.2. The van der Waals surface area contributed by atoms with E-state index in [4.69, 9.17) is 4.74 Å². The van der Waals surface area contributed by atoms with Gasteiger partial charge in [0.25, 0.3) is 20.0 Å². The van der Waals surface area contributed by atoms with E-state index in [2.05, 4.69) is 14.8 Å². The predicted octanol–water partition coefficient (Wildman–Crippen LogP) is 3.39. The Labute approximate surface area is 190 Å². The number of carbonyl (C=O) groups excluding carboxylic acids is 1. The molecule has 0 aliphatic rings. The molecule has 3 aromatic carbocycles. The number of methoxy groups -OCH3 is 1. The number of ether oxygens (including phenoxy) is 1. The Morgan fingerprint density at radius 1 is 0.788 bits per heavy atom. The molecular weight excluding hydrogens is 473 g/mol. The van der Waals surface area contributed by atoms with Crippen LogP contribution in [-0.4, -0.2) is 29.9 Å². The third-order valence-electron chi connectivity index (χ3n) is 4.30. The maximum absolute atomic E-state index is 13.1. The van der Waals surface area contributed by atoms with E-state index < -0.39 is 25.9 Å². The zero-order chi connectivity index (χ0) is 24.2. The molecule has 0 aromatic heterocycles. The van der Waals surface area contributed by atoms with Crippen LogP contribution in [0.5, 0.6) is 5.75 Å². The highest BCUT2D eigenvalue weighted by atomic mass is 32.2. The van der Waals surface area contributed by atoms with Gasteiger partial charge in [-0.3, -0.25) is 14.2 Å². The minimum atomic E-state index is -4.10. The molecule has 0 aliphatic heterocycles. The minimum absolute atomic E-state index is 0.0250. The summed E-state index contributed by atoms with van der Waals surface area (Å²) in [5, 5.41) is 2.54. The number of halogens is 1. The molecule has 0 atom stereocenters. The molecule has 12 heteroatoms. The van der Waals surface area contributed by atoms with Crippen molar-refractivity contribution in [3.63, 3.8) is 0 Å². The van der Waals surface area contributed by atoms with Crippen LogP contribution >= 0.6 is 0 Å². The third-order valence-corrected chi connectivity index (χ3v) is 7.08. The number of anilines is 3. The lowest BCUT2D eigenvalue weighted by Gasteiger charge is -2.15. The molecule has 0 unspecified atom stereocenters. The molecule has 0 saturated heterocycles. The Morgan fingerprint density at radius 2 is 1.30 bits per heavy atom. The highest BCUT2D eigenvalue weighted by Gasteiger charge is 2.19. The van der Waals surface area contributed by atoms with Crippen molar-refractivity contribution >= 4 is 43.0 Å². The van der Waals surface area contributed by atoms with Gasteiger partial charge < -0.3 is 10.1 Å². The molecule has 3 N–H and O–H groups in total. The van der Waals surface area contributed by atoms with Crippen molar-refractivity contribution in [2.24, 2.45) is 0 Å². The van der Waals surface area contributed by atoms with E-state index in [9.17, 15) is 26.0 Å². The second-order valence-corrected chi connectivity index (χ2v) is 10.2. The Balaban J connectivity index is 1.87. The first kappa shape index (κ1) is 24.0. The Kier molecular flexibility index (Phi) is 6.89. The van der Waals surface area contributed by atoms with Crippen molar-refractivity contribution in [3.05, 3.63) is 72.5 Å². The zero-order valence-electron chi connectivity index (χ0n) is 17.5. The summed E-state index contributed by atoms with van der Waals surface area (Å²) in [6, 6.07) is 13.8. The van der Waals surface area contributed by atoms with Crippen LogP contribution < -0.4 is 19.5 Å². The molecule has 174 valence electrons. The van der Waals surface area contributed by atoms with E-state index >= 15 is 0 Å². The van der Waals surface area contributed by atoms with E-state index in [1.807, 2.05) is 0 Å². The van der Waals surface area contributed by atoms with Crippen LogP contribution in [0.15, 0.2) is 76.5 Å². The molecule has 1 amide bonds. The molecule has 0 bridgehead atoms. The van der Waals surface area contributed by atoms with Crippen LogP contribution in [0.1, 0.15) is 6.92 Å². The summed E-state index contributed by atoms with van der Waals surface area (Å²) < 4.78 is 73.7. The maximum Gasteiger partial charge on any atom is 0.262 e. The van der Waals surface area contributed by atoms with Crippen LogP contribution in [0, 0.1) is 5.82 Å². The van der Waals surface area contributed by atoms with Crippen LogP contribution in [0.4, 0.5) is 21.5 Å². The number of carbonyl (C=O) groups is 1. The second kappa shape index (κ2) is 9.46. The summed E-state index contributed by atoms with van der Waals surface area (Å²) in [5.74, 6) is -0.742. The Morgan fingerprint density at radius 3 is 1.85 bits per heavy atom. The van der Waals surface area contributed by atoms with Crippen molar-refractivity contribution in [2.75, 3.05) is 21.9 Å². The summed E-state index contributed by atoms with van der Waals surface area (Å²) in [4.78, 5) is 10.9. The van der Waals surface area contributed by atoms with Gasteiger partial charge in [-0.15, -0.1) is 0 Å². The SMILES string of the molecule is COc1ccc(NS(=O)(=O)c2ccc(NC(C)=O)cc2)cc1NS(=O)(=O)c1ccc(F)cc1. The first-order valence-electron chi connectivity index (χ1n) is 9.37. The summed E-state index contributed by atoms with van der Waals surface area (Å²) in [6.07, 6.45) is 0. The summed E-state index contributed by atoms with van der Waals surface area (Å²) in [6.45, 7) is 1.33. The summed E-state index contributed by atoms with van der Waals surface area (Å²) in [5.41, 5.74) is 0.477. The monoisotopic (exact) mass is 493 g/mol. The molecule has 0 radical (unpaired) electrons. The number of nitrogens with one attached hydrogen (secondary N) is 3. The molecule has 0 aliphatic carbocycles. The third kappa shape index (κ3) is 5.99. The van der Waals surface area contributed by atoms with Gasteiger partial charge in [0, 0.05) is 12.6 Å². The van der Waals surface area contributed by atoms with Crippen molar-refractivity contribution in [3.8, 4) is 5.75 Å². The first-order valence-corrected chi connectivity index (χ1v) is 12.3. The normalized spacial score (nSPS) is 11.5. The summed E-state index contributed by atoms with van der Waals surface area (Å²) >= 11 is 0. The fraction of sp³-hybridized carbons (Fsp3) is 0.0952. The van der Waals surface area contributed by atoms with Crippen molar-refractivity contribution in [1.29, 1.82) is 0 Å². The number of sulfonamides is 2. The average molecular weight is 494 g/mol. The highest BCUT2D eigenvalue weighted by molar-refractivity contribution is 7.93. The second-order valence-electron chi connectivity index (χ2n) is 6.79. The van der Waals surface area contributed by atoms with Gasteiger partial charge in [-0.2, -0.15) is 0 Å². The Bertz CT molecular complexity index is 1370. The zero-order valence-corrected chi connectivity index (χ0v) is 19.1. The van der Waals surface area contributed by atoms with Gasteiger partial charge in [0.15, 0.2) is 0 Å². The lowest BCUT2D eigenvalue weighted by molar-refractivity contribution is -0.114. The van der Waals surface area contributed by atoms with E-state index in [1.165, 1.54) is 56.5 Å². The lowest BCUT2D eigenvalue weighted by Crippen LogP contribution is -2.15. The quantitative estimate of drug-likeness (QED) is 0.441. The molecule has 9 nitrogen and oxygen atoms in total. The van der Waals surface area contributed by atoms with Crippen LogP contribution in [0.2, 0.25) is 0 Å². The van der Waals surface area contributed by atoms with Gasteiger partial charge >= 0.3 is 0 Å². The van der Waals surface area contributed by atoms with Crippen molar-refractivity contribution < 1.29 is 30.8 Å². The number of hydrogen-bond acceptors (Lipinski definition) is 6. The fourth-order valence-electron chi connectivity index (χ4n) is 2.80. The van der Waals surface area contributed by atoms with E-state index in [1.54, 1.807) is 0 Å². The molecule has 3 rings (SSSR count). The fourth-order valence-corrected chi connectivity index (χ4v) is 4.91. The molecule has 0 spiro atoms. The van der Waals surface area contributed by atoms with Crippen LogP contribution in [-0.2, 0) is 24.8 Å². The number of benzene rings is 3. The standard InChI is InChI=1S/C21H20FN3O6S2/c1-14(26)23-16-5-10-19(11-6-16)32(27,28)24-17-7-12-21(31-2)20(13-17)25-33(29,30)18-8-3-15(22)4-9-18/h3-13,24-25H,1-2H3,(H,23,26). The van der Waals surface area contributed by atoms with Gasteiger partial charge in [0.05, 0.1) is 28.3 Å². The smallest absolute Gasteiger partial charge is 0.262 e. The molecule has 0 fully saturated rings. The topological polar surface area (TPSA) is 131 Å². The number of hydrogen-bond donors (Lipinski definition) is 3. The predicted molar refractivity (Wildman–Crippen MR) is 122 cm³/mol. The molecule has 3 aromatic rings. The first-order chi connectivity index (χ1) is 15.5. The summed E-state index contributed by atoms with van der Waals surface area (Å²) in [7, 11) is -6.79. The average Bonchev–Trinajstić information content (AvgIpc) is 2.74. The Hall–Kier alpha value is -3.64. The van der Waals surface area contributed by atoms with Gasteiger partial charge in [0.2, 0.25) is 5.91 Å². The molecular formula is C21H20FN3O6S2. The largest absolute Gasteiger partial charge is 0.495 e.